The minimum Gasteiger partial charge on any atom is -0.491 e. The van der Waals surface area contributed by atoms with E-state index in [0.29, 0.717) is 6.61 Å². The van der Waals surface area contributed by atoms with Crippen molar-refractivity contribution in [3.8, 4) is 5.75 Å². The molecule has 0 aliphatic heterocycles. The van der Waals surface area contributed by atoms with Crippen molar-refractivity contribution in [2.45, 2.75) is 58.5 Å². The van der Waals surface area contributed by atoms with Crippen LogP contribution in [-0.4, -0.2) is 17.3 Å². The number of hydrogen-bond acceptors (Lipinski definition) is 2. The molecule has 0 aliphatic rings. The smallest absolute Gasteiger partial charge is 0.119 e. The second-order valence-corrected chi connectivity index (χ2v) is 4.97. The molecule has 0 aromatic heterocycles. The molecule has 0 saturated carbocycles. The first-order valence-corrected chi connectivity index (χ1v) is 7.07. The molecule has 0 radical (unpaired) electrons. The molecule has 0 bridgehead atoms. The Hall–Kier alpha value is -1.02. The highest BCUT2D eigenvalue weighted by Gasteiger charge is 2.22. The monoisotopic (exact) mass is 250 g/mol. The fourth-order valence-electron chi connectivity index (χ4n) is 1.81. The first-order valence-electron chi connectivity index (χ1n) is 7.07. The standard InChI is InChI=1S/C16H26O2/c1-4-7-8-14-9-11-15(12-10-14)18-13-16(17,5-2)6-3/h9-12,17H,4-8,13H2,1-3H3. The van der Waals surface area contributed by atoms with Crippen molar-refractivity contribution in [2.75, 3.05) is 6.61 Å². The molecule has 0 aliphatic carbocycles. The van der Waals surface area contributed by atoms with Crippen molar-refractivity contribution >= 4 is 0 Å². The average molecular weight is 250 g/mol. The summed E-state index contributed by atoms with van der Waals surface area (Å²) < 4.78 is 5.66. The minimum absolute atomic E-state index is 0.369. The molecule has 1 aromatic carbocycles. The number of rotatable bonds is 8. The number of unbranched alkanes of at least 4 members (excludes halogenated alkanes) is 1. The maximum Gasteiger partial charge on any atom is 0.119 e. The third kappa shape index (κ3) is 4.69. The van der Waals surface area contributed by atoms with Crippen LogP contribution in [0.4, 0.5) is 0 Å². The molecular formula is C16H26O2. The molecule has 1 rings (SSSR count). The molecule has 102 valence electrons. The van der Waals surface area contributed by atoms with Crippen LogP contribution in [-0.2, 0) is 6.42 Å². The van der Waals surface area contributed by atoms with Crippen LogP contribution in [0, 0.1) is 0 Å². The number of ether oxygens (including phenoxy) is 1. The Morgan fingerprint density at radius 1 is 1.06 bits per heavy atom. The average Bonchev–Trinajstić information content (AvgIpc) is 2.43. The fraction of sp³-hybridized carbons (Fsp3) is 0.625. The van der Waals surface area contributed by atoms with E-state index in [1.165, 1.54) is 18.4 Å². The Kier molecular flexibility index (Phi) is 6.20. The predicted octanol–water partition coefficient (Wildman–Crippen LogP) is 3.96. The van der Waals surface area contributed by atoms with Gasteiger partial charge in [0, 0.05) is 0 Å². The molecule has 1 N–H and O–H groups in total. The fourth-order valence-corrected chi connectivity index (χ4v) is 1.81. The molecule has 0 saturated heterocycles. The normalized spacial score (nSPS) is 11.6. The maximum atomic E-state index is 10.1. The van der Waals surface area contributed by atoms with Crippen LogP contribution in [0.5, 0.6) is 5.75 Å². The third-order valence-corrected chi connectivity index (χ3v) is 3.57. The number of aryl methyl sites for hydroxylation is 1. The quantitative estimate of drug-likeness (QED) is 0.756. The topological polar surface area (TPSA) is 29.5 Å². The van der Waals surface area contributed by atoms with Crippen LogP contribution < -0.4 is 4.74 Å². The summed E-state index contributed by atoms with van der Waals surface area (Å²) in [6.45, 7) is 6.55. The number of aliphatic hydroxyl groups is 1. The van der Waals surface area contributed by atoms with Gasteiger partial charge in [0.15, 0.2) is 0 Å². The van der Waals surface area contributed by atoms with Crippen LogP contribution in [0.15, 0.2) is 24.3 Å². The molecule has 0 atom stereocenters. The molecule has 0 heterocycles. The van der Waals surface area contributed by atoms with Gasteiger partial charge in [0.2, 0.25) is 0 Å². The lowest BCUT2D eigenvalue weighted by Crippen LogP contribution is -2.34. The van der Waals surface area contributed by atoms with Gasteiger partial charge in [0.25, 0.3) is 0 Å². The Morgan fingerprint density at radius 2 is 1.67 bits per heavy atom. The molecule has 2 nitrogen and oxygen atoms in total. The predicted molar refractivity (Wildman–Crippen MR) is 76.1 cm³/mol. The minimum atomic E-state index is -0.694. The highest BCUT2D eigenvalue weighted by atomic mass is 16.5. The van der Waals surface area contributed by atoms with Crippen LogP contribution in [0.2, 0.25) is 0 Å². The highest BCUT2D eigenvalue weighted by molar-refractivity contribution is 5.27. The van der Waals surface area contributed by atoms with Crippen molar-refractivity contribution < 1.29 is 9.84 Å². The molecule has 0 spiro atoms. The van der Waals surface area contributed by atoms with E-state index in [9.17, 15) is 5.11 Å². The Morgan fingerprint density at radius 3 is 2.17 bits per heavy atom. The Bertz CT molecular complexity index is 325. The first kappa shape index (κ1) is 15.0. The zero-order valence-electron chi connectivity index (χ0n) is 11.9. The van der Waals surface area contributed by atoms with E-state index in [-0.39, 0.29) is 0 Å². The third-order valence-electron chi connectivity index (χ3n) is 3.57. The van der Waals surface area contributed by atoms with Crippen LogP contribution in [0.25, 0.3) is 0 Å². The number of benzene rings is 1. The van der Waals surface area contributed by atoms with Crippen molar-refractivity contribution in [3.63, 3.8) is 0 Å². The van der Waals surface area contributed by atoms with Gasteiger partial charge in [-0.15, -0.1) is 0 Å². The summed E-state index contributed by atoms with van der Waals surface area (Å²) in [5.74, 6) is 0.843. The van der Waals surface area contributed by atoms with E-state index >= 15 is 0 Å². The summed E-state index contributed by atoms with van der Waals surface area (Å²) in [7, 11) is 0. The van der Waals surface area contributed by atoms with Gasteiger partial charge in [-0.05, 0) is 43.4 Å². The molecule has 0 unspecified atom stereocenters. The highest BCUT2D eigenvalue weighted by Crippen LogP contribution is 2.19. The van der Waals surface area contributed by atoms with Gasteiger partial charge in [0.1, 0.15) is 12.4 Å². The molecule has 2 heteroatoms. The van der Waals surface area contributed by atoms with Crippen molar-refractivity contribution in [2.24, 2.45) is 0 Å². The second kappa shape index (κ2) is 7.42. The summed E-state index contributed by atoms with van der Waals surface area (Å²) in [5.41, 5.74) is 0.659. The van der Waals surface area contributed by atoms with Gasteiger partial charge in [0.05, 0.1) is 5.60 Å². The van der Waals surface area contributed by atoms with Crippen molar-refractivity contribution in [3.05, 3.63) is 29.8 Å². The van der Waals surface area contributed by atoms with Crippen LogP contribution >= 0.6 is 0 Å². The van der Waals surface area contributed by atoms with Gasteiger partial charge >= 0.3 is 0 Å². The van der Waals surface area contributed by atoms with E-state index < -0.39 is 5.60 Å². The SMILES string of the molecule is CCCCc1ccc(OCC(O)(CC)CC)cc1. The Balaban J connectivity index is 2.48. The van der Waals surface area contributed by atoms with Gasteiger partial charge < -0.3 is 9.84 Å². The second-order valence-electron chi connectivity index (χ2n) is 4.97. The molecule has 1 aromatic rings. The molecule has 18 heavy (non-hydrogen) atoms. The molecule has 0 amide bonds. The summed E-state index contributed by atoms with van der Waals surface area (Å²) >= 11 is 0. The van der Waals surface area contributed by atoms with E-state index in [1.807, 2.05) is 26.0 Å². The van der Waals surface area contributed by atoms with Crippen LogP contribution in [0.1, 0.15) is 52.0 Å². The van der Waals surface area contributed by atoms with E-state index in [1.54, 1.807) is 0 Å². The van der Waals surface area contributed by atoms with Gasteiger partial charge in [-0.25, -0.2) is 0 Å². The van der Waals surface area contributed by atoms with Crippen LogP contribution in [0.3, 0.4) is 0 Å². The van der Waals surface area contributed by atoms with E-state index in [0.717, 1.165) is 25.0 Å². The van der Waals surface area contributed by atoms with Gasteiger partial charge in [-0.3, -0.25) is 0 Å². The number of hydrogen-bond donors (Lipinski definition) is 1. The lowest BCUT2D eigenvalue weighted by atomic mass is 9.99. The summed E-state index contributed by atoms with van der Waals surface area (Å²) in [4.78, 5) is 0. The zero-order valence-corrected chi connectivity index (χ0v) is 11.9. The van der Waals surface area contributed by atoms with Crippen molar-refractivity contribution in [1.29, 1.82) is 0 Å². The largest absolute Gasteiger partial charge is 0.491 e. The lowest BCUT2D eigenvalue weighted by Gasteiger charge is -2.25. The molecular weight excluding hydrogens is 224 g/mol. The summed E-state index contributed by atoms with van der Waals surface area (Å²) in [5, 5.41) is 10.1. The maximum absolute atomic E-state index is 10.1. The van der Waals surface area contributed by atoms with Gasteiger partial charge in [-0.2, -0.15) is 0 Å². The van der Waals surface area contributed by atoms with Crippen molar-refractivity contribution in [1.82, 2.24) is 0 Å². The molecule has 0 fully saturated rings. The Labute approximate surface area is 111 Å². The van der Waals surface area contributed by atoms with E-state index in [4.69, 9.17) is 4.74 Å². The zero-order chi connectivity index (χ0) is 13.4. The summed E-state index contributed by atoms with van der Waals surface area (Å²) in [6.07, 6.45) is 5.02. The first-order chi connectivity index (χ1) is 8.63. The van der Waals surface area contributed by atoms with Gasteiger partial charge in [-0.1, -0.05) is 39.3 Å². The van der Waals surface area contributed by atoms with E-state index in [2.05, 4.69) is 19.1 Å². The lowest BCUT2D eigenvalue weighted by molar-refractivity contribution is -0.0113. The summed E-state index contributed by atoms with van der Waals surface area (Å²) in [6, 6.07) is 8.22.